The van der Waals surface area contributed by atoms with E-state index < -0.39 is 97.5 Å². The zero-order chi connectivity index (χ0) is 73.2. The van der Waals surface area contributed by atoms with Gasteiger partial charge in [-0.3, -0.25) is 37.3 Å². The fourth-order valence-corrected chi connectivity index (χ4v) is 11.9. The van der Waals surface area contributed by atoms with Crippen LogP contribution in [-0.4, -0.2) is 96.7 Å². The smallest absolute Gasteiger partial charge is 0.462 e. The molecule has 0 heterocycles. The second-order valence-corrected chi connectivity index (χ2v) is 28.8. The van der Waals surface area contributed by atoms with Crippen molar-refractivity contribution in [1.82, 2.24) is 0 Å². The largest absolute Gasteiger partial charge is 0.472 e. The summed E-state index contributed by atoms with van der Waals surface area (Å²) < 4.78 is 68.5. The normalized spacial score (nSPS) is 14.5. The van der Waals surface area contributed by atoms with E-state index >= 15 is 0 Å². The Hall–Kier alpha value is -4.28. The van der Waals surface area contributed by atoms with Crippen molar-refractivity contribution in [3.05, 3.63) is 109 Å². The van der Waals surface area contributed by atoms with Crippen LogP contribution in [0.3, 0.4) is 0 Å². The van der Waals surface area contributed by atoms with Crippen molar-refractivity contribution < 1.29 is 80.2 Å². The number of phosphoric acid groups is 2. The predicted molar refractivity (Wildman–Crippen MR) is 408 cm³/mol. The molecule has 0 saturated heterocycles. The lowest BCUT2D eigenvalue weighted by Crippen LogP contribution is -2.30. The highest BCUT2D eigenvalue weighted by Crippen LogP contribution is 2.45. The van der Waals surface area contributed by atoms with Gasteiger partial charge in [0.05, 0.1) is 26.4 Å². The van der Waals surface area contributed by atoms with Crippen LogP contribution in [0, 0.1) is 0 Å². The first-order chi connectivity index (χ1) is 48.7. The second kappa shape index (κ2) is 73.0. The summed E-state index contributed by atoms with van der Waals surface area (Å²) in [5.74, 6) is -2.26. The molecule has 0 fully saturated rings. The summed E-state index contributed by atoms with van der Waals surface area (Å²) >= 11 is 0. The Morgan fingerprint density at radius 2 is 0.530 bits per heavy atom. The maximum Gasteiger partial charge on any atom is 0.472 e. The molecule has 17 nitrogen and oxygen atoms in total. The highest BCUT2D eigenvalue weighted by molar-refractivity contribution is 7.47. The molecule has 5 atom stereocenters. The highest BCUT2D eigenvalue weighted by atomic mass is 31.2. The number of ether oxygens (including phenoxy) is 4. The Balaban J connectivity index is 5.40. The molecule has 0 aromatic rings. The zero-order valence-corrected chi connectivity index (χ0v) is 64.6. The van der Waals surface area contributed by atoms with Crippen molar-refractivity contribution in [2.45, 2.75) is 341 Å². The van der Waals surface area contributed by atoms with E-state index in [-0.39, 0.29) is 25.7 Å². The van der Waals surface area contributed by atoms with Crippen LogP contribution in [0.5, 0.6) is 0 Å². The summed E-state index contributed by atoms with van der Waals surface area (Å²) in [6.07, 6.45) is 77.9. The van der Waals surface area contributed by atoms with Gasteiger partial charge in [-0.2, -0.15) is 0 Å². The first-order valence-electron chi connectivity index (χ1n) is 39.1. The van der Waals surface area contributed by atoms with E-state index in [9.17, 15) is 43.2 Å². The van der Waals surface area contributed by atoms with Crippen molar-refractivity contribution in [3.8, 4) is 0 Å². The molecular weight excluding hydrogens is 1310 g/mol. The summed E-state index contributed by atoms with van der Waals surface area (Å²) in [5.41, 5.74) is 0. The second-order valence-electron chi connectivity index (χ2n) is 25.9. The summed E-state index contributed by atoms with van der Waals surface area (Å²) in [7, 11) is -9.97. The lowest BCUT2D eigenvalue weighted by Gasteiger charge is -2.21. The SMILES string of the molecule is CC/C=C\C/C=C\C/C=C\C/C=C\C/C=C\CCCC(=O)OCC(COP(=O)(O)OCC(O)COP(=O)(O)OCC(COC(=O)CCCCCCC/C=C\C/C=C\C/C=C\CC)OC(=O)CCCCCCC/C=C\CCCCCCCC)OC(=O)CCCCCCCCCCCCCCC. The number of aliphatic hydroxyl groups excluding tert-OH is 1. The Morgan fingerprint density at radius 3 is 0.850 bits per heavy atom. The van der Waals surface area contributed by atoms with Gasteiger partial charge in [0.2, 0.25) is 0 Å². The summed E-state index contributed by atoms with van der Waals surface area (Å²) in [6, 6.07) is 0. The van der Waals surface area contributed by atoms with Crippen LogP contribution in [-0.2, 0) is 65.4 Å². The molecule has 0 saturated carbocycles. The minimum absolute atomic E-state index is 0.0799. The monoisotopic (exact) mass is 1450 g/mol. The Bertz CT molecular complexity index is 2320. The Labute approximate surface area is 607 Å². The molecule has 0 spiro atoms. The molecule has 0 rings (SSSR count). The molecular formula is C81H140O17P2. The van der Waals surface area contributed by atoms with Gasteiger partial charge in [-0.05, 0) is 122 Å². The lowest BCUT2D eigenvalue weighted by molar-refractivity contribution is -0.161. The summed E-state index contributed by atoms with van der Waals surface area (Å²) in [4.78, 5) is 72.9. The van der Waals surface area contributed by atoms with Gasteiger partial charge in [-0.25, -0.2) is 9.13 Å². The average Bonchev–Trinajstić information content (AvgIpc) is 0.965. The number of hydrogen-bond donors (Lipinski definition) is 3. The molecule has 0 aromatic carbocycles. The van der Waals surface area contributed by atoms with Crippen molar-refractivity contribution in [2.24, 2.45) is 0 Å². The van der Waals surface area contributed by atoms with Gasteiger partial charge >= 0.3 is 39.5 Å². The first-order valence-corrected chi connectivity index (χ1v) is 42.1. The standard InChI is InChI=1S/C81H140O17P2/c1-5-9-13-17-21-25-29-33-36-37-40-43-46-50-54-58-62-66-79(84)92-71-76(97-80(85)67-63-59-55-51-47-41-32-28-24-20-16-12-8-4)73-95-99(87,88)93-69-75(82)70-94-100(89,90)96-74-77(98-81(86)68-64-60-56-52-48-44-39-35-31-27-23-19-15-11-7-3)72-91-78(83)65-61-57-53-49-45-42-38-34-30-26-22-18-14-10-6-2/h9-10,13-14,21-22,25-26,33-36,38-40,43,50,54,75-77,82H,5-8,11-12,15-20,23-24,27-32,37,41-42,44-49,51-53,55-74H2,1-4H3,(H,87,88)(H,89,90)/b13-9-,14-10-,25-21-,26-22-,36-33-,38-34-,39-35-,43-40-,54-50-. The molecule has 3 N–H and O–H groups in total. The van der Waals surface area contributed by atoms with Crippen LogP contribution in [0.4, 0.5) is 0 Å². The molecule has 5 unspecified atom stereocenters. The van der Waals surface area contributed by atoms with Crippen LogP contribution in [0.2, 0.25) is 0 Å². The number of aliphatic hydroxyl groups is 1. The van der Waals surface area contributed by atoms with Crippen LogP contribution in [0.1, 0.15) is 323 Å². The van der Waals surface area contributed by atoms with Crippen molar-refractivity contribution in [2.75, 3.05) is 39.6 Å². The molecule has 576 valence electrons. The number of esters is 4. The molecule has 0 aromatic heterocycles. The molecule has 100 heavy (non-hydrogen) atoms. The third-order valence-electron chi connectivity index (χ3n) is 16.2. The number of rotatable bonds is 73. The van der Waals surface area contributed by atoms with Crippen molar-refractivity contribution in [3.63, 3.8) is 0 Å². The third kappa shape index (κ3) is 72.1. The number of carbonyl (C=O) groups excluding carboxylic acids is 4. The van der Waals surface area contributed by atoms with Gasteiger partial charge in [-0.1, -0.05) is 285 Å². The van der Waals surface area contributed by atoms with E-state index in [0.717, 1.165) is 148 Å². The van der Waals surface area contributed by atoms with E-state index in [2.05, 4.69) is 125 Å². The fourth-order valence-electron chi connectivity index (χ4n) is 10.3. The van der Waals surface area contributed by atoms with Crippen molar-refractivity contribution >= 4 is 39.5 Å². The Morgan fingerprint density at radius 1 is 0.290 bits per heavy atom. The predicted octanol–water partition coefficient (Wildman–Crippen LogP) is 22.6. The quantitative estimate of drug-likeness (QED) is 0.0169. The number of unbranched alkanes of at least 4 members (excludes halogenated alkanes) is 29. The molecule has 0 aliphatic heterocycles. The van der Waals surface area contributed by atoms with E-state index in [0.29, 0.717) is 32.1 Å². The van der Waals surface area contributed by atoms with E-state index in [1.54, 1.807) is 0 Å². The van der Waals surface area contributed by atoms with Crippen LogP contribution in [0.15, 0.2) is 109 Å². The maximum atomic E-state index is 13.1. The van der Waals surface area contributed by atoms with E-state index in [1.165, 1.54) is 89.9 Å². The maximum absolute atomic E-state index is 13.1. The topological polar surface area (TPSA) is 237 Å². The van der Waals surface area contributed by atoms with Crippen molar-refractivity contribution in [1.29, 1.82) is 0 Å². The average molecular weight is 1450 g/mol. The third-order valence-corrected chi connectivity index (χ3v) is 18.1. The van der Waals surface area contributed by atoms with Gasteiger partial charge in [-0.15, -0.1) is 0 Å². The summed E-state index contributed by atoms with van der Waals surface area (Å²) in [6.45, 7) is 4.58. The van der Waals surface area contributed by atoms with Gasteiger partial charge in [0, 0.05) is 25.7 Å². The lowest BCUT2D eigenvalue weighted by atomic mass is 10.0. The first kappa shape index (κ1) is 95.7. The van der Waals surface area contributed by atoms with Crippen LogP contribution >= 0.6 is 15.6 Å². The Kier molecular flexibility index (Phi) is 69.9. The van der Waals surface area contributed by atoms with Crippen LogP contribution < -0.4 is 0 Å². The van der Waals surface area contributed by atoms with Gasteiger partial charge in [0.25, 0.3) is 0 Å². The summed E-state index contributed by atoms with van der Waals surface area (Å²) in [5, 5.41) is 10.6. The highest BCUT2D eigenvalue weighted by Gasteiger charge is 2.30. The van der Waals surface area contributed by atoms with Gasteiger partial charge in [0.1, 0.15) is 19.3 Å². The number of allylic oxidation sites excluding steroid dienone is 18. The zero-order valence-electron chi connectivity index (χ0n) is 62.8. The molecule has 0 aliphatic rings. The van der Waals surface area contributed by atoms with Gasteiger partial charge < -0.3 is 33.8 Å². The molecule has 19 heteroatoms. The molecule has 0 amide bonds. The van der Waals surface area contributed by atoms with E-state index in [1.807, 2.05) is 12.2 Å². The van der Waals surface area contributed by atoms with E-state index in [4.69, 9.17) is 37.0 Å². The van der Waals surface area contributed by atoms with Crippen LogP contribution in [0.25, 0.3) is 0 Å². The number of hydrogen-bond acceptors (Lipinski definition) is 15. The molecule has 0 aliphatic carbocycles. The van der Waals surface area contributed by atoms with Gasteiger partial charge in [0.15, 0.2) is 12.2 Å². The number of carbonyl (C=O) groups is 4. The molecule has 0 radical (unpaired) electrons. The molecule has 0 bridgehead atoms. The minimum atomic E-state index is -4.99. The number of phosphoric ester groups is 2. The minimum Gasteiger partial charge on any atom is -0.462 e. The fraction of sp³-hybridized carbons (Fsp3) is 0.728.